The van der Waals surface area contributed by atoms with Crippen LogP contribution in [0.4, 0.5) is 5.69 Å². The van der Waals surface area contributed by atoms with E-state index < -0.39 is 18.0 Å². The van der Waals surface area contributed by atoms with Gasteiger partial charge in [0.05, 0.1) is 11.6 Å². The van der Waals surface area contributed by atoms with Crippen molar-refractivity contribution in [2.24, 2.45) is 0 Å². The van der Waals surface area contributed by atoms with Crippen molar-refractivity contribution in [3.63, 3.8) is 0 Å². The maximum Gasteiger partial charge on any atom is 0.349 e. The molecular formula is C15H12N2O3S. The van der Waals surface area contributed by atoms with Crippen molar-refractivity contribution in [3.05, 3.63) is 52.2 Å². The number of ether oxygens (including phenoxy) is 1. The molecule has 0 saturated carbocycles. The van der Waals surface area contributed by atoms with Crippen LogP contribution in [0.1, 0.15) is 22.2 Å². The van der Waals surface area contributed by atoms with Gasteiger partial charge in [0.1, 0.15) is 4.88 Å². The van der Waals surface area contributed by atoms with Crippen molar-refractivity contribution >= 4 is 28.9 Å². The summed E-state index contributed by atoms with van der Waals surface area (Å²) in [5, 5.41) is 13.1. The third-order valence-electron chi connectivity index (χ3n) is 2.66. The number of nitriles is 1. The number of amides is 1. The second-order valence-electron chi connectivity index (χ2n) is 4.20. The van der Waals surface area contributed by atoms with Crippen LogP contribution in [-0.2, 0) is 9.53 Å². The van der Waals surface area contributed by atoms with E-state index in [-0.39, 0.29) is 0 Å². The molecule has 1 amide bonds. The fraction of sp³-hybridized carbons (Fsp3) is 0.133. The monoisotopic (exact) mass is 300 g/mol. The number of benzene rings is 1. The number of hydrogen-bond acceptors (Lipinski definition) is 5. The highest BCUT2D eigenvalue weighted by Gasteiger charge is 2.19. The van der Waals surface area contributed by atoms with Crippen molar-refractivity contribution in [3.8, 4) is 6.07 Å². The van der Waals surface area contributed by atoms with E-state index in [0.717, 1.165) is 0 Å². The summed E-state index contributed by atoms with van der Waals surface area (Å²) >= 11 is 1.26. The Morgan fingerprint density at radius 3 is 2.57 bits per heavy atom. The van der Waals surface area contributed by atoms with E-state index in [1.807, 2.05) is 6.07 Å². The summed E-state index contributed by atoms with van der Waals surface area (Å²) < 4.78 is 5.08. The van der Waals surface area contributed by atoms with Crippen molar-refractivity contribution < 1.29 is 14.3 Å². The highest BCUT2D eigenvalue weighted by Crippen LogP contribution is 2.13. The van der Waals surface area contributed by atoms with Gasteiger partial charge in [-0.25, -0.2) is 4.79 Å². The molecule has 5 nitrogen and oxygen atoms in total. The first kappa shape index (κ1) is 14.8. The number of nitrogens with one attached hydrogen (secondary N) is 1. The van der Waals surface area contributed by atoms with Crippen molar-refractivity contribution in [2.45, 2.75) is 13.0 Å². The van der Waals surface area contributed by atoms with E-state index in [9.17, 15) is 9.59 Å². The number of thiophene rings is 1. The van der Waals surface area contributed by atoms with E-state index in [4.69, 9.17) is 10.00 Å². The van der Waals surface area contributed by atoms with E-state index in [0.29, 0.717) is 16.1 Å². The van der Waals surface area contributed by atoms with Gasteiger partial charge in [0.2, 0.25) is 0 Å². The number of carbonyl (C=O) groups excluding carboxylic acids is 2. The number of carbonyl (C=O) groups is 2. The Hall–Kier alpha value is -2.65. The van der Waals surface area contributed by atoms with Crippen LogP contribution < -0.4 is 5.32 Å². The van der Waals surface area contributed by atoms with Crippen LogP contribution in [0.3, 0.4) is 0 Å². The summed E-state index contributed by atoms with van der Waals surface area (Å²) in [6.07, 6.45) is -0.907. The first-order chi connectivity index (χ1) is 10.1. The van der Waals surface area contributed by atoms with Crippen LogP contribution in [0.2, 0.25) is 0 Å². The second-order valence-corrected chi connectivity index (χ2v) is 5.15. The molecule has 0 aliphatic heterocycles. The van der Waals surface area contributed by atoms with Crippen LogP contribution in [0.5, 0.6) is 0 Å². The van der Waals surface area contributed by atoms with Crippen molar-refractivity contribution in [1.82, 2.24) is 0 Å². The molecule has 0 spiro atoms. The van der Waals surface area contributed by atoms with Crippen LogP contribution in [0.25, 0.3) is 0 Å². The van der Waals surface area contributed by atoms with Gasteiger partial charge in [-0.3, -0.25) is 4.79 Å². The van der Waals surface area contributed by atoms with E-state index >= 15 is 0 Å². The van der Waals surface area contributed by atoms with Gasteiger partial charge in [-0.05, 0) is 42.6 Å². The standard InChI is InChI=1S/C15H12N2O3S/c1-10(20-15(19)13-3-2-8-21-13)14(18)17-12-6-4-11(9-16)5-7-12/h2-8,10H,1H3,(H,17,18)/t10-/m0/s1. The predicted octanol–water partition coefficient (Wildman–Crippen LogP) is 2.80. The summed E-state index contributed by atoms with van der Waals surface area (Å²) in [5.41, 5.74) is 1.04. The number of anilines is 1. The molecule has 1 aromatic carbocycles. The molecule has 0 unspecified atom stereocenters. The molecular weight excluding hydrogens is 288 g/mol. The summed E-state index contributed by atoms with van der Waals surface area (Å²) in [4.78, 5) is 24.1. The van der Waals surface area contributed by atoms with Gasteiger partial charge in [0.15, 0.2) is 6.10 Å². The Balaban J connectivity index is 1.93. The number of hydrogen-bond donors (Lipinski definition) is 1. The van der Waals surface area contributed by atoms with Gasteiger partial charge in [-0.15, -0.1) is 11.3 Å². The van der Waals surface area contributed by atoms with E-state index in [2.05, 4.69) is 5.32 Å². The molecule has 0 fully saturated rings. The van der Waals surface area contributed by atoms with Crippen molar-refractivity contribution in [2.75, 3.05) is 5.32 Å². The molecule has 21 heavy (non-hydrogen) atoms. The zero-order valence-corrected chi connectivity index (χ0v) is 12.0. The Morgan fingerprint density at radius 2 is 2.00 bits per heavy atom. The molecule has 106 valence electrons. The lowest BCUT2D eigenvalue weighted by Crippen LogP contribution is -2.29. The summed E-state index contributed by atoms with van der Waals surface area (Å²) in [6, 6.07) is 11.8. The topological polar surface area (TPSA) is 79.2 Å². The SMILES string of the molecule is C[C@H](OC(=O)c1cccs1)C(=O)Nc1ccc(C#N)cc1. The molecule has 1 N–H and O–H groups in total. The molecule has 1 atom stereocenters. The first-order valence-electron chi connectivity index (χ1n) is 6.15. The minimum Gasteiger partial charge on any atom is -0.448 e. The lowest BCUT2D eigenvalue weighted by molar-refractivity contribution is -0.123. The minimum absolute atomic E-state index is 0.426. The lowest BCUT2D eigenvalue weighted by Gasteiger charge is -2.12. The quantitative estimate of drug-likeness (QED) is 0.881. The molecule has 2 rings (SSSR count). The first-order valence-corrected chi connectivity index (χ1v) is 7.03. The zero-order valence-electron chi connectivity index (χ0n) is 11.2. The molecule has 1 aromatic heterocycles. The van der Waals surface area contributed by atoms with Gasteiger partial charge in [0, 0.05) is 5.69 Å². The fourth-order valence-corrected chi connectivity index (χ4v) is 2.14. The van der Waals surface area contributed by atoms with Crippen LogP contribution in [-0.4, -0.2) is 18.0 Å². The number of nitrogens with zero attached hydrogens (tertiary/aromatic N) is 1. The molecule has 1 heterocycles. The highest BCUT2D eigenvalue weighted by molar-refractivity contribution is 7.11. The van der Waals surface area contributed by atoms with Crippen LogP contribution in [0, 0.1) is 11.3 Å². The minimum atomic E-state index is -0.907. The zero-order chi connectivity index (χ0) is 15.2. The maximum absolute atomic E-state index is 11.9. The predicted molar refractivity (Wildman–Crippen MR) is 79.0 cm³/mol. The normalized spacial score (nSPS) is 11.2. The molecule has 0 radical (unpaired) electrons. The van der Waals surface area contributed by atoms with Crippen molar-refractivity contribution in [1.29, 1.82) is 5.26 Å². The van der Waals surface area contributed by atoms with Gasteiger partial charge >= 0.3 is 5.97 Å². The van der Waals surface area contributed by atoms with E-state index in [1.54, 1.807) is 41.8 Å². The highest BCUT2D eigenvalue weighted by atomic mass is 32.1. The maximum atomic E-state index is 11.9. The average Bonchev–Trinajstić information content (AvgIpc) is 3.02. The third kappa shape index (κ3) is 3.91. The summed E-state index contributed by atoms with van der Waals surface area (Å²) in [5.74, 6) is -0.947. The summed E-state index contributed by atoms with van der Waals surface area (Å²) in [7, 11) is 0. The molecule has 0 bridgehead atoms. The smallest absolute Gasteiger partial charge is 0.349 e. The molecule has 0 saturated heterocycles. The average molecular weight is 300 g/mol. The Bertz CT molecular complexity index is 672. The Morgan fingerprint density at radius 1 is 1.29 bits per heavy atom. The number of rotatable bonds is 4. The lowest BCUT2D eigenvalue weighted by atomic mass is 10.2. The largest absolute Gasteiger partial charge is 0.448 e. The van der Waals surface area contributed by atoms with Gasteiger partial charge in [-0.1, -0.05) is 6.07 Å². The third-order valence-corrected chi connectivity index (χ3v) is 3.51. The Kier molecular flexibility index (Phi) is 4.69. The molecule has 0 aliphatic rings. The van der Waals surface area contributed by atoms with Gasteiger partial charge < -0.3 is 10.1 Å². The molecule has 2 aromatic rings. The number of esters is 1. The fourth-order valence-electron chi connectivity index (χ4n) is 1.54. The summed E-state index contributed by atoms with van der Waals surface area (Å²) in [6.45, 7) is 1.50. The molecule has 6 heteroatoms. The van der Waals surface area contributed by atoms with Crippen LogP contribution in [0.15, 0.2) is 41.8 Å². The second kappa shape index (κ2) is 6.68. The van der Waals surface area contributed by atoms with Gasteiger partial charge in [-0.2, -0.15) is 5.26 Å². The van der Waals surface area contributed by atoms with Gasteiger partial charge in [0.25, 0.3) is 5.91 Å². The molecule has 0 aliphatic carbocycles. The van der Waals surface area contributed by atoms with Crippen LogP contribution >= 0.6 is 11.3 Å². The Labute approximate surface area is 125 Å². The van der Waals surface area contributed by atoms with E-state index in [1.165, 1.54) is 18.3 Å².